The molecule has 0 saturated carbocycles. The topological polar surface area (TPSA) is 45.4 Å². The van der Waals surface area contributed by atoms with E-state index in [1.54, 1.807) is 5.57 Å². The van der Waals surface area contributed by atoms with Crippen molar-refractivity contribution in [2.24, 2.45) is 23.0 Å². The highest BCUT2D eigenvalue weighted by Gasteiger charge is 2.58. The zero-order valence-electron chi connectivity index (χ0n) is 27.7. The summed E-state index contributed by atoms with van der Waals surface area (Å²) in [6, 6.07) is 9.34. The average Bonchev–Trinajstić information content (AvgIpc) is 3.06. The number of rotatable bonds is 2. The van der Waals surface area contributed by atoms with Crippen LogP contribution in [0.2, 0.25) is 0 Å². The predicted octanol–water partition coefficient (Wildman–Crippen LogP) is 7.94. The van der Waals surface area contributed by atoms with Crippen molar-refractivity contribution in [2.75, 3.05) is 39.3 Å². The number of fused-ring (bicyclic) bond motifs is 3. The van der Waals surface area contributed by atoms with Crippen LogP contribution in [0.25, 0.3) is 17.0 Å². The maximum absolute atomic E-state index is 6.21. The van der Waals surface area contributed by atoms with Crippen molar-refractivity contribution < 1.29 is 0 Å². The van der Waals surface area contributed by atoms with Crippen LogP contribution in [-0.2, 0) is 12.8 Å². The van der Waals surface area contributed by atoms with Gasteiger partial charge in [0.2, 0.25) is 0 Å². The quantitative estimate of drug-likeness (QED) is 0.279. The van der Waals surface area contributed by atoms with Crippen LogP contribution in [0.15, 0.2) is 42.0 Å². The van der Waals surface area contributed by atoms with Gasteiger partial charge in [0.05, 0.1) is 5.52 Å². The molecule has 4 nitrogen and oxygen atoms in total. The van der Waals surface area contributed by atoms with Crippen LogP contribution < -0.4 is 5.73 Å². The summed E-state index contributed by atoms with van der Waals surface area (Å²) in [7, 11) is 0. The zero-order valence-corrected chi connectivity index (χ0v) is 27.7. The molecular formula is C41H56N4. The lowest BCUT2D eigenvalue weighted by molar-refractivity contribution is -0.110. The predicted molar refractivity (Wildman–Crippen MR) is 189 cm³/mol. The molecule has 6 unspecified atom stereocenters. The fraction of sp³-hybridized carbons (Fsp3) is 0.634. The molecule has 6 bridgehead atoms. The number of para-hydroxylation sites is 1. The first-order valence-corrected chi connectivity index (χ1v) is 18.7. The molecule has 0 radical (unpaired) electrons. The van der Waals surface area contributed by atoms with Crippen LogP contribution in [0, 0.1) is 29.1 Å². The van der Waals surface area contributed by atoms with E-state index in [1.165, 1.54) is 126 Å². The standard InChI is InChI=1S/C41H56N4/c42-25-22-34-35-18-10-11-20-38(35)43-39-21-13-16-27-45-30-33-29-32-17-9-7-5-3-1-2-4-6-8-15-26-44-28-23-37(33)41(31-44,40(32)45)24-14-12-19-36(34)39/h10-12,18-20,29,33,37,40H,2,4-9,13-17,21-28,30-31,42H2/b19-12-. The smallest absolute Gasteiger partial charge is 0.0708 e. The van der Waals surface area contributed by atoms with Gasteiger partial charge in [-0.25, -0.2) is 0 Å². The van der Waals surface area contributed by atoms with Crippen LogP contribution in [0.5, 0.6) is 0 Å². The van der Waals surface area contributed by atoms with Crippen LogP contribution in [0.1, 0.15) is 107 Å². The molecule has 8 rings (SSSR count). The maximum Gasteiger partial charge on any atom is 0.0708 e. The lowest BCUT2D eigenvalue weighted by atomic mass is 9.52. The summed E-state index contributed by atoms with van der Waals surface area (Å²) in [5.74, 6) is 8.54. The third-order valence-corrected chi connectivity index (χ3v) is 12.0. The third kappa shape index (κ3) is 6.56. The molecule has 5 aliphatic heterocycles. The number of aromatic nitrogens is 1. The first-order chi connectivity index (χ1) is 22.3. The highest BCUT2D eigenvalue weighted by molar-refractivity contribution is 5.86. The van der Waals surface area contributed by atoms with Crippen LogP contribution >= 0.6 is 0 Å². The van der Waals surface area contributed by atoms with Gasteiger partial charge in [0.15, 0.2) is 0 Å². The van der Waals surface area contributed by atoms with Crippen molar-refractivity contribution in [1.29, 1.82) is 0 Å². The van der Waals surface area contributed by atoms with Gasteiger partial charge in [-0.15, -0.1) is 11.8 Å². The Bertz CT molecular complexity index is 1440. The van der Waals surface area contributed by atoms with E-state index in [0.717, 1.165) is 49.5 Å². The van der Waals surface area contributed by atoms with E-state index in [4.69, 9.17) is 10.7 Å². The Balaban J connectivity index is 1.23. The molecule has 6 heterocycles. The molecule has 6 atom stereocenters. The second kappa shape index (κ2) is 14.5. The van der Waals surface area contributed by atoms with Crippen LogP contribution in [0.3, 0.4) is 0 Å². The number of hydrogen-bond donors (Lipinski definition) is 1. The van der Waals surface area contributed by atoms with E-state index in [9.17, 15) is 0 Å². The monoisotopic (exact) mass is 604 g/mol. The molecule has 240 valence electrons. The summed E-state index contributed by atoms with van der Waals surface area (Å²) in [6.07, 6.45) is 27.3. The highest BCUT2D eigenvalue weighted by atomic mass is 15.2. The number of nitrogens with zero attached hydrogens (tertiary/aromatic N) is 3. The van der Waals surface area contributed by atoms with Crippen LogP contribution in [0.4, 0.5) is 0 Å². The largest absolute Gasteiger partial charge is 0.330 e. The lowest BCUT2D eigenvalue weighted by Crippen LogP contribution is -2.68. The normalized spacial score (nSPS) is 33.4. The van der Waals surface area contributed by atoms with Gasteiger partial charge >= 0.3 is 0 Å². The summed E-state index contributed by atoms with van der Waals surface area (Å²) in [5, 5.41) is 1.28. The van der Waals surface area contributed by atoms with E-state index in [1.807, 2.05) is 0 Å². The van der Waals surface area contributed by atoms with E-state index in [0.29, 0.717) is 18.0 Å². The van der Waals surface area contributed by atoms with Crippen molar-refractivity contribution in [3.05, 3.63) is 58.8 Å². The minimum Gasteiger partial charge on any atom is -0.330 e. The average molecular weight is 605 g/mol. The first-order valence-electron chi connectivity index (χ1n) is 18.7. The minimum absolute atomic E-state index is 0.363. The molecule has 45 heavy (non-hydrogen) atoms. The van der Waals surface area contributed by atoms with E-state index >= 15 is 0 Å². The third-order valence-electron chi connectivity index (χ3n) is 12.0. The fourth-order valence-electron chi connectivity index (χ4n) is 10.1. The molecule has 2 fully saturated rings. The van der Waals surface area contributed by atoms with Crippen molar-refractivity contribution in [1.82, 2.24) is 14.8 Å². The second-order valence-corrected chi connectivity index (χ2v) is 14.8. The summed E-state index contributed by atoms with van der Waals surface area (Å²) < 4.78 is 0. The van der Waals surface area contributed by atoms with Gasteiger partial charge in [-0.2, -0.15) is 0 Å². The van der Waals surface area contributed by atoms with Gasteiger partial charge in [-0.1, -0.05) is 54.8 Å². The number of benzene rings is 1. The van der Waals surface area contributed by atoms with Gasteiger partial charge in [0.1, 0.15) is 0 Å². The van der Waals surface area contributed by atoms with Gasteiger partial charge in [0, 0.05) is 48.5 Å². The number of allylic oxidation sites excluding steroid dienone is 1. The molecule has 1 aromatic heterocycles. The van der Waals surface area contributed by atoms with E-state index < -0.39 is 0 Å². The second-order valence-electron chi connectivity index (χ2n) is 14.8. The van der Waals surface area contributed by atoms with Gasteiger partial charge in [0.25, 0.3) is 0 Å². The number of hydrogen-bond acceptors (Lipinski definition) is 4. The maximum atomic E-state index is 6.21. The minimum atomic E-state index is 0.363. The summed E-state index contributed by atoms with van der Waals surface area (Å²) in [5.41, 5.74) is 13.5. The molecular weight excluding hydrogens is 548 g/mol. The SMILES string of the molecule is NCCc1c2c(nc3ccccc13)CCCCN1CC3C=C4CCCCC#CCCCCCCN5CCC3C(CC/C=C\2)(C5)C41. The molecule has 4 heteroatoms. The Hall–Kier alpha value is -2.45. The number of aryl methyl sites for hydroxylation is 1. The van der Waals surface area contributed by atoms with Crippen molar-refractivity contribution in [2.45, 2.75) is 109 Å². The molecule has 1 aromatic carbocycles. The van der Waals surface area contributed by atoms with Gasteiger partial charge < -0.3 is 10.6 Å². The lowest BCUT2D eigenvalue weighted by Gasteiger charge is -2.64. The van der Waals surface area contributed by atoms with Crippen molar-refractivity contribution in [3.63, 3.8) is 0 Å². The Morgan fingerprint density at radius 1 is 0.911 bits per heavy atom. The fourth-order valence-corrected chi connectivity index (χ4v) is 10.1. The Morgan fingerprint density at radius 3 is 2.64 bits per heavy atom. The first kappa shape index (κ1) is 31.2. The van der Waals surface area contributed by atoms with Gasteiger partial charge in [-0.3, -0.25) is 9.88 Å². The molecule has 2 N–H and O–H groups in total. The Kier molecular flexibility index (Phi) is 10.1. The van der Waals surface area contributed by atoms with Crippen LogP contribution in [-0.4, -0.2) is 60.1 Å². The van der Waals surface area contributed by atoms with Crippen molar-refractivity contribution >= 4 is 17.0 Å². The number of pyridine rings is 1. The van der Waals surface area contributed by atoms with Crippen molar-refractivity contribution in [3.8, 4) is 11.8 Å². The summed E-state index contributed by atoms with van der Waals surface area (Å²) in [6.45, 7) is 7.06. The molecule has 1 aliphatic carbocycles. The molecule has 2 saturated heterocycles. The number of nitrogens with two attached hydrogens (primary N) is 1. The Morgan fingerprint density at radius 2 is 1.73 bits per heavy atom. The highest BCUT2D eigenvalue weighted by Crippen LogP contribution is 2.57. The molecule has 0 amide bonds. The molecule has 1 spiro atoms. The molecule has 6 aliphatic rings. The number of piperidine rings is 2. The summed E-state index contributed by atoms with van der Waals surface area (Å²) >= 11 is 0. The zero-order chi connectivity index (χ0) is 30.5. The van der Waals surface area contributed by atoms with Gasteiger partial charge in [-0.05, 0) is 132 Å². The van der Waals surface area contributed by atoms with E-state index in [-0.39, 0.29) is 0 Å². The molecule has 2 aromatic rings. The summed E-state index contributed by atoms with van der Waals surface area (Å²) in [4.78, 5) is 11.2. The van der Waals surface area contributed by atoms with E-state index in [2.05, 4.69) is 64.1 Å². The Labute approximate surface area is 272 Å².